The van der Waals surface area contributed by atoms with Gasteiger partial charge in [0.15, 0.2) is 0 Å². The normalized spacial score (nSPS) is 18.2. The van der Waals surface area contributed by atoms with Gasteiger partial charge in [-0.2, -0.15) is 0 Å². The summed E-state index contributed by atoms with van der Waals surface area (Å²) in [4.78, 5) is 15.8. The van der Waals surface area contributed by atoms with Gasteiger partial charge in [-0.1, -0.05) is 18.2 Å². The highest BCUT2D eigenvalue weighted by Gasteiger charge is 2.12. The topological polar surface area (TPSA) is 62.7 Å². The SMILES string of the molecule is O=C(NC1=CC=NC(O[Si])N1)c1ccccc1. The molecule has 0 aromatic heterocycles. The molecule has 1 unspecified atom stereocenters. The summed E-state index contributed by atoms with van der Waals surface area (Å²) < 4.78 is 4.81. The van der Waals surface area contributed by atoms with E-state index in [4.69, 9.17) is 4.43 Å². The van der Waals surface area contributed by atoms with Crippen molar-refractivity contribution in [3.63, 3.8) is 0 Å². The lowest BCUT2D eigenvalue weighted by Crippen LogP contribution is -2.39. The molecule has 3 radical (unpaired) electrons. The largest absolute Gasteiger partial charge is 0.382 e. The number of hydrogen-bond acceptors (Lipinski definition) is 4. The fourth-order valence-electron chi connectivity index (χ4n) is 1.34. The van der Waals surface area contributed by atoms with E-state index in [2.05, 4.69) is 26.1 Å². The van der Waals surface area contributed by atoms with E-state index in [0.717, 1.165) is 0 Å². The summed E-state index contributed by atoms with van der Waals surface area (Å²) in [6, 6.07) is 8.96. The maximum absolute atomic E-state index is 11.8. The van der Waals surface area contributed by atoms with Gasteiger partial charge in [-0.3, -0.25) is 4.79 Å². The average molecular weight is 244 g/mol. The van der Waals surface area contributed by atoms with Crippen LogP contribution in [-0.4, -0.2) is 29.0 Å². The molecule has 17 heavy (non-hydrogen) atoms. The van der Waals surface area contributed by atoms with Crippen molar-refractivity contribution >= 4 is 22.6 Å². The molecule has 1 amide bonds. The standard InChI is InChI=1S/C11H10N3O2Si/c15-10(8-4-2-1-3-5-8)13-9-6-7-12-11(14-9)16-17/h1-7,11,14H,(H,13,15). The molecule has 6 heteroatoms. The Labute approximate surface area is 102 Å². The number of carbonyl (C=O) groups is 1. The Hall–Kier alpha value is -1.92. The summed E-state index contributed by atoms with van der Waals surface area (Å²) in [5.41, 5.74) is 0.591. The Morgan fingerprint density at radius 1 is 1.41 bits per heavy atom. The molecular formula is C11H10N3O2Si. The summed E-state index contributed by atoms with van der Waals surface area (Å²) in [6.45, 7) is 0. The van der Waals surface area contributed by atoms with Crippen LogP contribution in [0.5, 0.6) is 0 Å². The highest BCUT2D eigenvalue weighted by molar-refractivity contribution is 5.98. The molecular weight excluding hydrogens is 234 g/mol. The maximum Gasteiger partial charge on any atom is 0.256 e. The molecule has 1 atom stereocenters. The number of nitrogens with one attached hydrogen (secondary N) is 2. The van der Waals surface area contributed by atoms with E-state index in [0.29, 0.717) is 11.4 Å². The van der Waals surface area contributed by atoms with Crippen LogP contribution in [0.25, 0.3) is 0 Å². The zero-order valence-corrected chi connectivity index (χ0v) is 9.88. The summed E-state index contributed by atoms with van der Waals surface area (Å²) in [6.07, 6.45) is 2.67. The lowest BCUT2D eigenvalue weighted by atomic mass is 10.2. The van der Waals surface area contributed by atoms with Crippen LogP contribution in [0.15, 0.2) is 47.2 Å². The van der Waals surface area contributed by atoms with Gasteiger partial charge in [-0.05, 0) is 18.2 Å². The minimum absolute atomic E-state index is 0.188. The van der Waals surface area contributed by atoms with Crippen molar-refractivity contribution in [2.45, 2.75) is 6.35 Å². The van der Waals surface area contributed by atoms with Crippen LogP contribution in [0.2, 0.25) is 0 Å². The Morgan fingerprint density at radius 3 is 2.88 bits per heavy atom. The fourth-order valence-corrected chi connectivity index (χ4v) is 1.46. The van der Waals surface area contributed by atoms with Gasteiger partial charge in [0.1, 0.15) is 5.82 Å². The molecule has 0 saturated carbocycles. The van der Waals surface area contributed by atoms with E-state index in [1.807, 2.05) is 18.2 Å². The number of aliphatic imine (C=N–C) groups is 1. The number of amides is 1. The van der Waals surface area contributed by atoms with Crippen molar-refractivity contribution in [3.8, 4) is 0 Å². The second-order valence-electron chi connectivity index (χ2n) is 3.31. The number of allylic oxidation sites excluding steroid dienone is 1. The average Bonchev–Trinajstić information content (AvgIpc) is 2.40. The first-order valence-corrected chi connectivity index (χ1v) is 5.39. The van der Waals surface area contributed by atoms with Gasteiger partial charge in [0.05, 0.1) is 0 Å². The zero-order chi connectivity index (χ0) is 12.1. The molecule has 2 rings (SSSR count). The van der Waals surface area contributed by atoms with E-state index in [1.165, 1.54) is 0 Å². The molecule has 85 valence electrons. The van der Waals surface area contributed by atoms with E-state index in [9.17, 15) is 4.79 Å². The minimum atomic E-state index is -0.539. The maximum atomic E-state index is 11.8. The van der Waals surface area contributed by atoms with Gasteiger partial charge < -0.3 is 15.1 Å². The number of benzene rings is 1. The quantitative estimate of drug-likeness (QED) is 0.752. The molecule has 0 saturated heterocycles. The fraction of sp³-hybridized carbons (Fsp3) is 0.0909. The molecule has 0 fully saturated rings. The highest BCUT2D eigenvalue weighted by Crippen LogP contribution is 2.01. The van der Waals surface area contributed by atoms with Gasteiger partial charge in [0, 0.05) is 11.8 Å². The Balaban J connectivity index is 2.00. The molecule has 0 aliphatic carbocycles. The van der Waals surface area contributed by atoms with Gasteiger partial charge in [0.2, 0.25) is 6.35 Å². The van der Waals surface area contributed by atoms with Crippen molar-refractivity contribution < 1.29 is 9.22 Å². The Bertz CT molecular complexity index is 459. The van der Waals surface area contributed by atoms with Crippen molar-refractivity contribution in [2.24, 2.45) is 4.99 Å². The van der Waals surface area contributed by atoms with E-state index >= 15 is 0 Å². The smallest absolute Gasteiger partial charge is 0.256 e. The zero-order valence-electron chi connectivity index (χ0n) is 8.88. The first kappa shape index (κ1) is 11.6. The van der Waals surface area contributed by atoms with Crippen LogP contribution in [0.1, 0.15) is 10.4 Å². The summed E-state index contributed by atoms with van der Waals surface area (Å²) in [5, 5.41) is 5.58. The van der Waals surface area contributed by atoms with Gasteiger partial charge >= 0.3 is 0 Å². The number of carbonyl (C=O) groups excluding carboxylic acids is 1. The molecule has 5 nitrogen and oxygen atoms in total. The molecule has 1 heterocycles. The first-order chi connectivity index (χ1) is 8.29. The van der Waals surface area contributed by atoms with Crippen molar-refractivity contribution in [2.75, 3.05) is 0 Å². The third kappa shape index (κ3) is 3.02. The first-order valence-electron chi connectivity index (χ1n) is 4.98. The molecule has 1 aliphatic rings. The lowest BCUT2D eigenvalue weighted by Gasteiger charge is -2.20. The monoisotopic (exact) mass is 244 g/mol. The molecule has 0 bridgehead atoms. The van der Waals surface area contributed by atoms with E-state index in [1.54, 1.807) is 24.4 Å². The van der Waals surface area contributed by atoms with Crippen molar-refractivity contribution in [1.82, 2.24) is 10.6 Å². The van der Waals surface area contributed by atoms with Crippen LogP contribution < -0.4 is 10.6 Å². The number of rotatable bonds is 3. The lowest BCUT2D eigenvalue weighted by molar-refractivity contribution is 0.0957. The van der Waals surface area contributed by atoms with Crippen LogP contribution in [0, 0.1) is 0 Å². The van der Waals surface area contributed by atoms with Crippen LogP contribution in [0.4, 0.5) is 0 Å². The second kappa shape index (κ2) is 5.42. The third-order valence-electron chi connectivity index (χ3n) is 2.14. The summed E-state index contributed by atoms with van der Waals surface area (Å²) in [7, 11) is 2.88. The minimum Gasteiger partial charge on any atom is -0.382 e. The van der Waals surface area contributed by atoms with Crippen LogP contribution >= 0.6 is 0 Å². The van der Waals surface area contributed by atoms with Crippen molar-refractivity contribution in [3.05, 3.63) is 47.8 Å². The predicted molar refractivity (Wildman–Crippen MR) is 64.2 cm³/mol. The van der Waals surface area contributed by atoms with E-state index in [-0.39, 0.29) is 5.91 Å². The van der Waals surface area contributed by atoms with Gasteiger partial charge in [-0.15, -0.1) is 0 Å². The molecule has 0 spiro atoms. The molecule has 1 aliphatic heterocycles. The van der Waals surface area contributed by atoms with Gasteiger partial charge in [0.25, 0.3) is 16.4 Å². The molecule has 1 aromatic carbocycles. The summed E-state index contributed by atoms with van der Waals surface area (Å²) >= 11 is 0. The second-order valence-corrected chi connectivity index (χ2v) is 3.55. The third-order valence-corrected chi connectivity index (χ3v) is 2.36. The summed E-state index contributed by atoms with van der Waals surface area (Å²) in [5.74, 6) is 0.351. The van der Waals surface area contributed by atoms with Gasteiger partial charge in [-0.25, -0.2) is 4.99 Å². The number of nitrogens with zero attached hydrogens (tertiary/aromatic N) is 1. The van der Waals surface area contributed by atoms with Crippen LogP contribution in [0.3, 0.4) is 0 Å². The number of hydrogen-bond donors (Lipinski definition) is 2. The molecule has 1 aromatic rings. The van der Waals surface area contributed by atoms with Crippen molar-refractivity contribution in [1.29, 1.82) is 0 Å². The van der Waals surface area contributed by atoms with Crippen LogP contribution in [-0.2, 0) is 4.43 Å². The highest BCUT2D eigenvalue weighted by atomic mass is 28.2. The predicted octanol–water partition coefficient (Wildman–Crippen LogP) is 0.315. The molecule has 2 N–H and O–H groups in total. The Morgan fingerprint density at radius 2 is 2.18 bits per heavy atom. The Kier molecular flexibility index (Phi) is 3.68. The van der Waals surface area contributed by atoms with E-state index < -0.39 is 6.35 Å².